The second-order valence-electron chi connectivity index (χ2n) is 6.68. The summed E-state index contributed by atoms with van der Waals surface area (Å²) in [6, 6.07) is 8.65. The van der Waals surface area contributed by atoms with Crippen LogP contribution >= 0.6 is 0 Å². The van der Waals surface area contributed by atoms with Gasteiger partial charge in [0, 0.05) is 33.0 Å². The van der Waals surface area contributed by atoms with Crippen molar-refractivity contribution >= 4 is 16.9 Å². The van der Waals surface area contributed by atoms with Crippen molar-refractivity contribution in [2.45, 2.75) is 13.1 Å². The monoisotopic (exact) mass is 393 g/mol. The lowest BCUT2D eigenvalue weighted by Gasteiger charge is -2.12. The molecular weight excluding hydrogens is 374 g/mol. The van der Waals surface area contributed by atoms with E-state index in [-0.39, 0.29) is 30.1 Å². The molecule has 0 spiro atoms. The minimum absolute atomic E-state index is 0.201. The molecule has 148 valence electrons. The van der Waals surface area contributed by atoms with Crippen LogP contribution in [0.3, 0.4) is 0 Å². The number of nitrogens with one attached hydrogen (secondary N) is 1. The molecule has 0 aliphatic carbocycles. The summed E-state index contributed by atoms with van der Waals surface area (Å²) < 4.78 is 9.42. The Morgan fingerprint density at radius 2 is 2.00 bits per heavy atom. The van der Waals surface area contributed by atoms with E-state index in [1.165, 1.54) is 23.9 Å². The molecule has 0 aliphatic heterocycles. The predicted molar refractivity (Wildman–Crippen MR) is 106 cm³/mol. The summed E-state index contributed by atoms with van der Waals surface area (Å²) in [5, 5.41) is 3.12. The Balaban J connectivity index is 1.82. The standard InChI is InChI=1S/C20H19N5O4/c1-23-18-15(19(27)24(2)20(23)28)9-16(25(18)12-14-6-4-8-29-14)17(26)22-11-13-5-3-7-21-10-13/h3-10H,11-12H2,1-2H3,(H,22,26). The number of rotatable bonds is 5. The van der Waals surface area contributed by atoms with E-state index in [1.54, 1.807) is 42.2 Å². The van der Waals surface area contributed by atoms with Gasteiger partial charge in [-0.25, -0.2) is 4.79 Å². The van der Waals surface area contributed by atoms with Crippen LogP contribution in [0.25, 0.3) is 11.0 Å². The van der Waals surface area contributed by atoms with Gasteiger partial charge in [-0.1, -0.05) is 6.07 Å². The van der Waals surface area contributed by atoms with Crippen LogP contribution in [0.2, 0.25) is 0 Å². The molecule has 9 heteroatoms. The van der Waals surface area contributed by atoms with Crippen molar-refractivity contribution < 1.29 is 9.21 Å². The molecule has 4 rings (SSSR count). The first-order valence-corrected chi connectivity index (χ1v) is 8.96. The number of hydrogen-bond acceptors (Lipinski definition) is 5. The first-order valence-electron chi connectivity index (χ1n) is 8.96. The smallest absolute Gasteiger partial charge is 0.332 e. The highest BCUT2D eigenvalue weighted by Gasteiger charge is 2.22. The average Bonchev–Trinajstić information content (AvgIpc) is 3.38. The third-order valence-electron chi connectivity index (χ3n) is 4.80. The minimum Gasteiger partial charge on any atom is -0.467 e. The summed E-state index contributed by atoms with van der Waals surface area (Å²) in [4.78, 5) is 42.1. The first-order chi connectivity index (χ1) is 14.0. The molecule has 1 amide bonds. The summed E-state index contributed by atoms with van der Waals surface area (Å²) in [7, 11) is 2.98. The number of carbonyl (C=O) groups excluding carboxylic acids is 1. The topological polar surface area (TPSA) is 104 Å². The van der Waals surface area contributed by atoms with Crippen LogP contribution in [-0.2, 0) is 27.2 Å². The largest absolute Gasteiger partial charge is 0.467 e. The lowest BCUT2D eigenvalue weighted by molar-refractivity contribution is 0.0942. The molecule has 0 fully saturated rings. The summed E-state index contributed by atoms with van der Waals surface area (Å²) in [6.45, 7) is 0.485. The summed E-state index contributed by atoms with van der Waals surface area (Å²) in [5.74, 6) is 0.225. The van der Waals surface area contributed by atoms with Crippen molar-refractivity contribution in [2.75, 3.05) is 0 Å². The SMILES string of the molecule is Cn1c(=O)c2cc(C(=O)NCc3cccnc3)n(Cc3ccco3)c2n(C)c1=O. The molecule has 29 heavy (non-hydrogen) atoms. The highest BCUT2D eigenvalue weighted by Crippen LogP contribution is 2.18. The normalized spacial score (nSPS) is 11.1. The van der Waals surface area contributed by atoms with Crippen LogP contribution in [0.1, 0.15) is 21.8 Å². The van der Waals surface area contributed by atoms with Crippen molar-refractivity contribution in [3.63, 3.8) is 0 Å². The molecule has 0 radical (unpaired) electrons. The average molecular weight is 393 g/mol. The van der Waals surface area contributed by atoms with Crippen LogP contribution in [0.5, 0.6) is 0 Å². The predicted octanol–water partition coefficient (Wildman–Crippen LogP) is 1.00. The van der Waals surface area contributed by atoms with Crippen molar-refractivity contribution in [3.8, 4) is 0 Å². The maximum atomic E-state index is 13.0. The van der Waals surface area contributed by atoms with E-state index >= 15 is 0 Å². The molecule has 4 heterocycles. The van der Waals surface area contributed by atoms with Crippen molar-refractivity contribution in [3.05, 3.63) is 86.8 Å². The van der Waals surface area contributed by atoms with Crippen LogP contribution in [0, 0.1) is 0 Å². The Bertz CT molecular complexity index is 1300. The van der Waals surface area contributed by atoms with Gasteiger partial charge in [-0.2, -0.15) is 0 Å². The molecule has 0 aliphatic rings. The van der Waals surface area contributed by atoms with E-state index in [2.05, 4.69) is 10.3 Å². The van der Waals surface area contributed by atoms with E-state index in [9.17, 15) is 14.4 Å². The molecule has 0 saturated heterocycles. The van der Waals surface area contributed by atoms with Crippen molar-refractivity contribution in [1.29, 1.82) is 0 Å². The fraction of sp³-hybridized carbons (Fsp3) is 0.200. The Morgan fingerprint density at radius 1 is 1.17 bits per heavy atom. The fourth-order valence-electron chi connectivity index (χ4n) is 3.32. The number of aromatic nitrogens is 4. The fourth-order valence-corrected chi connectivity index (χ4v) is 3.32. The van der Waals surface area contributed by atoms with Gasteiger partial charge in [0.2, 0.25) is 0 Å². The third kappa shape index (κ3) is 3.27. The van der Waals surface area contributed by atoms with Gasteiger partial charge < -0.3 is 14.3 Å². The molecular formula is C20H19N5O4. The second kappa shape index (κ2) is 7.27. The maximum absolute atomic E-state index is 13.0. The van der Waals surface area contributed by atoms with Gasteiger partial charge in [0.25, 0.3) is 11.5 Å². The molecule has 0 aromatic carbocycles. The molecule has 4 aromatic rings. The van der Waals surface area contributed by atoms with Gasteiger partial charge in [-0.15, -0.1) is 0 Å². The summed E-state index contributed by atoms with van der Waals surface area (Å²) in [5.41, 5.74) is 0.545. The molecule has 1 N–H and O–H groups in total. The van der Waals surface area contributed by atoms with Crippen molar-refractivity contribution in [2.24, 2.45) is 14.1 Å². The molecule has 0 bridgehead atoms. The number of fused-ring (bicyclic) bond motifs is 1. The van der Waals surface area contributed by atoms with Crippen LogP contribution in [-0.4, -0.2) is 24.6 Å². The van der Waals surface area contributed by atoms with E-state index < -0.39 is 11.2 Å². The second-order valence-corrected chi connectivity index (χ2v) is 6.68. The Hall–Kier alpha value is -3.88. The zero-order valence-corrected chi connectivity index (χ0v) is 16.0. The van der Waals surface area contributed by atoms with Crippen LogP contribution in [0.4, 0.5) is 0 Å². The van der Waals surface area contributed by atoms with Gasteiger partial charge in [0.05, 0.1) is 18.2 Å². The zero-order valence-electron chi connectivity index (χ0n) is 16.0. The zero-order chi connectivity index (χ0) is 20.5. The van der Waals surface area contributed by atoms with E-state index in [0.717, 1.165) is 10.1 Å². The number of hydrogen-bond donors (Lipinski definition) is 1. The van der Waals surface area contributed by atoms with E-state index in [0.29, 0.717) is 11.4 Å². The number of amides is 1. The molecule has 0 unspecified atom stereocenters. The Morgan fingerprint density at radius 3 is 2.69 bits per heavy atom. The number of carbonyl (C=O) groups is 1. The Labute approximate surface area is 164 Å². The lowest BCUT2D eigenvalue weighted by Crippen LogP contribution is -2.37. The lowest BCUT2D eigenvalue weighted by atomic mass is 10.3. The summed E-state index contributed by atoms with van der Waals surface area (Å²) in [6.07, 6.45) is 4.85. The molecule has 0 saturated carbocycles. The quantitative estimate of drug-likeness (QED) is 0.545. The summed E-state index contributed by atoms with van der Waals surface area (Å²) >= 11 is 0. The van der Waals surface area contributed by atoms with Gasteiger partial charge in [0.15, 0.2) is 0 Å². The minimum atomic E-state index is -0.469. The van der Waals surface area contributed by atoms with Gasteiger partial charge in [-0.3, -0.25) is 23.7 Å². The molecule has 9 nitrogen and oxygen atoms in total. The van der Waals surface area contributed by atoms with Gasteiger partial charge in [-0.05, 0) is 29.8 Å². The number of furan rings is 1. The first kappa shape index (κ1) is 18.5. The van der Waals surface area contributed by atoms with E-state index in [4.69, 9.17) is 4.42 Å². The number of pyridine rings is 1. The Kier molecular flexibility index (Phi) is 4.63. The van der Waals surface area contributed by atoms with Crippen molar-refractivity contribution in [1.82, 2.24) is 24.0 Å². The van der Waals surface area contributed by atoms with Crippen LogP contribution in [0.15, 0.2) is 63.0 Å². The molecule has 0 atom stereocenters. The highest BCUT2D eigenvalue weighted by molar-refractivity contribution is 5.97. The van der Waals surface area contributed by atoms with Gasteiger partial charge >= 0.3 is 5.69 Å². The molecule has 4 aromatic heterocycles. The van der Waals surface area contributed by atoms with Crippen LogP contribution < -0.4 is 16.6 Å². The van der Waals surface area contributed by atoms with E-state index in [1.807, 2.05) is 6.07 Å². The number of aryl methyl sites for hydroxylation is 1. The maximum Gasteiger partial charge on any atom is 0.332 e. The third-order valence-corrected chi connectivity index (χ3v) is 4.80. The highest BCUT2D eigenvalue weighted by atomic mass is 16.3. The van der Waals surface area contributed by atoms with Gasteiger partial charge in [0.1, 0.15) is 17.1 Å². The number of nitrogens with zero attached hydrogens (tertiary/aromatic N) is 4.